The van der Waals surface area contributed by atoms with Crippen molar-refractivity contribution in [2.75, 3.05) is 0 Å². The van der Waals surface area contributed by atoms with Crippen molar-refractivity contribution in [1.29, 1.82) is 5.41 Å². The van der Waals surface area contributed by atoms with E-state index in [4.69, 9.17) is 17.0 Å². The summed E-state index contributed by atoms with van der Waals surface area (Å²) in [5.41, 5.74) is 1.87. The maximum atomic E-state index is 10.0. The van der Waals surface area contributed by atoms with Gasteiger partial charge in [0, 0.05) is 21.5 Å². The van der Waals surface area contributed by atoms with E-state index < -0.39 is 0 Å². The Morgan fingerprint density at radius 1 is 1.05 bits per heavy atom. The van der Waals surface area contributed by atoms with E-state index in [1.165, 1.54) is 12.1 Å². The third-order valence-electron chi connectivity index (χ3n) is 3.15. The van der Waals surface area contributed by atoms with Crippen LogP contribution in [0.15, 0.2) is 42.5 Å². The molecule has 0 aliphatic rings. The van der Waals surface area contributed by atoms with Gasteiger partial charge in [0.1, 0.15) is 5.75 Å². The van der Waals surface area contributed by atoms with Crippen LogP contribution in [-0.4, -0.2) is 20.9 Å². The molecule has 20 heavy (non-hydrogen) atoms. The number of aromatic hydroxyl groups is 2. The van der Waals surface area contributed by atoms with E-state index in [2.05, 4.69) is 4.98 Å². The number of rotatable bonds is 2. The van der Waals surface area contributed by atoms with Crippen LogP contribution < -0.4 is 0 Å². The van der Waals surface area contributed by atoms with Gasteiger partial charge >= 0.3 is 0 Å². The van der Waals surface area contributed by atoms with Gasteiger partial charge in [0.05, 0.1) is 11.3 Å². The Labute approximate surface area is 119 Å². The Kier molecular flexibility index (Phi) is 2.88. The highest BCUT2D eigenvalue weighted by Crippen LogP contribution is 2.31. The maximum absolute atomic E-state index is 10.0. The first-order valence-electron chi connectivity index (χ1n) is 5.95. The summed E-state index contributed by atoms with van der Waals surface area (Å²) in [5.74, 6) is 0.0630. The van der Waals surface area contributed by atoms with Crippen LogP contribution in [-0.2, 0) is 0 Å². The summed E-state index contributed by atoms with van der Waals surface area (Å²) in [7, 11) is 0. The predicted molar refractivity (Wildman–Crippen MR) is 79.0 cm³/mol. The van der Waals surface area contributed by atoms with Crippen LogP contribution in [0.2, 0.25) is 5.02 Å². The highest BCUT2D eigenvalue weighted by molar-refractivity contribution is 6.32. The molecule has 0 radical (unpaired) electrons. The van der Waals surface area contributed by atoms with Crippen molar-refractivity contribution >= 4 is 28.2 Å². The SMILES string of the molecule is N=C(c1ccc(O)cc1)c1c(O)[nH]c2ccc(Cl)cc12. The number of phenolic OH excluding ortho intramolecular Hbond substituents is 1. The molecule has 0 saturated heterocycles. The van der Waals surface area contributed by atoms with Gasteiger partial charge in [-0.3, -0.25) is 5.41 Å². The summed E-state index contributed by atoms with van der Waals surface area (Å²) in [4.78, 5) is 2.82. The van der Waals surface area contributed by atoms with E-state index in [1.54, 1.807) is 30.3 Å². The molecule has 0 fully saturated rings. The van der Waals surface area contributed by atoms with Crippen LogP contribution in [0.25, 0.3) is 10.9 Å². The molecule has 0 bridgehead atoms. The monoisotopic (exact) mass is 286 g/mol. The lowest BCUT2D eigenvalue weighted by molar-refractivity contribution is 0.457. The van der Waals surface area contributed by atoms with E-state index in [1.807, 2.05) is 0 Å². The van der Waals surface area contributed by atoms with Gasteiger partial charge in [0.25, 0.3) is 0 Å². The summed E-state index contributed by atoms with van der Waals surface area (Å²) < 4.78 is 0. The van der Waals surface area contributed by atoms with Crippen molar-refractivity contribution in [3.05, 3.63) is 58.6 Å². The maximum Gasteiger partial charge on any atom is 0.199 e. The molecule has 0 aliphatic heterocycles. The van der Waals surface area contributed by atoms with Crippen molar-refractivity contribution in [2.45, 2.75) is 0 Å². The molecule has 0 unspecified atom stereocenters. The van der Waals surface area contributed by atoms with E-state index >= 15 is 0 Å². The smallest absolute Gasteiger partial charge is 0.199 e. The lowest BCUT2D eigenvalue weighted by atomic mass is 10.0. The number of nitrogens with one attached hydrogen (secondary N) is 2. The molecular weight excluding hydrogens is 276 g/mol. The molecule has 0 aliphatic carbocycles. The van der Waals surface area contributed by atoms with Gasteiger partial charge in [-0.25, -0.2) is 0 Å². The number of H-pyrrole nitrogens is 1. The number of hydrogen-bond acceptors (Lipinski definition) is 3. The minimum Gasteiger partial charge on any atom is -0.508 e. The Balaban J connectivity index is 2.18. The molecule has 3 rings (SSSR count). The molecule has 5 heteroatoms. The second-order valence-corrected chi connectivity index (χ2v) is 4.90. The first-order valence-corrected chi connectivity index (χ1v) is 6.32. The first kappa shape index (κ1) is 12.6. The van der Waals surface area contributed by atoms with Crippen LogP contribution in [0.5, 0.6) is 11.6 Å². The molecule has 0 amide bonds. The molecule has 3 aromatic rings. The van der Waals surface area contributed by atoms with Crippen molar-refractivity contribution in [1.82, 2.24) is 4.98 Å². The summed E-state index contributed by atoms with van der Waals surface area (Å²) in [5, 5.41) is 28.8. The highest BCUT2D eigenvalue weighted by Gasteiger charge is 2.17. The Morgan fingerprint density at radius 3 is 2.45 bits per heavy atom. The Morgan fingerprint density at radius 2 is 1.75 bits per heavy atom. The third-order valence-corrected chi connectivity index (χ3v) is 3.38. The summed E-state index contributed by atoms with van der Waals surface area (Å²) >= 11 is 5.97. The van der Waals surface area contributed by atoms with Crippen LogP contribution in [0.4, 0.5) is 0 Å². The van der Waals surface area contributed by atoms with Crippen LogP contribution in [0.3, 0.4) is 0 Å². The zero-order valence-corrected chi connectivity index (χ0v) is 11.1. The molecule has 0 saturated carbocycles. The average Bonchev–Trinajstić information content (AvgIpc) is 2.74. The number of benzene rings is 2. The molecule has 100 valence electrons. The highest BCUT2D eigenvalue weighted by atomic mass is 35.5. The molecular formula is C15H11ClN2O2. The van der Waals surface area contributed by atoms with E-state index in [-0.39, 0.29) is 17.3 Å². The topological polar surface area (TPSA) is 80.1 Å². The minimum atomic E-state index is -0.0691. The number of phenols is 1. The zero-order valence-electron chi connectivity index (χ0n) is 10.3. The Hall–Kier alpha value is -2.46. The average molecular weight is 287 g/mol. The quantitative estimate of drug-likeness (QED) is 0.543. The van der Waals surface area contributed by atoms with Crippen LogP contribution >= 0.6 is 11.6 Å². The van der Waals surface area contributed by atoms with E-state index in [0.29, 0.717) is 27.1 Å². The molecule has 0 spiro atoms. The van der Waals surface area contributed by atoms with Gasteiger partial charge in [-0.2, -0.15) is 0 Å². The minimum absolute atomic E-state index is 0.0691. The van der Waals surface area contributed by atoms with Gasteiger partial charge in [-0.05, 0) is 42.5 Å². The summed E-state index contributed by atoms with van der Waals surface area (Å²) in [6.45, 7) is 0. The predicted octanol–water partition coefficient (Wildman–Crippen LogP) is 3.65. The zero-order chi connectivity index (χ0) is 14.3. The van der Waals surface area contributed by atoms with Gasteiger partial charge in [0.2, 0.25) is 0 Å². The second-order valence-electron chi connectivity index (χ2n) is 4.46. The van der Waals surface area contributed by atoms with Crippen LogP contribution in [0, 0.1) is 5.41 Å². The van der Waals surface area contributed by atoms with Crippen molar-refractivity contribution in [3.63, 3.8) is 0 Å². The third kappa shape index (κ3) is 2.00. The normalized spacial score (nSPS) is 10.8. The van der Waals surface area contributed by atoms with E-state index in [0.717, 1.165) is 0 Å². The molecule has 1 aromatic heterocycles. The van der Waals surface area contributed by atoms with Crippen molar-refractivity contribution < 1.29 is 10.2 Å². The first-order chi connectivity index (χ1) is 9.56. The fraction of sp³-hybridized carbons (Fsp3) is 0. The van der Waals surface area contributed by atoms with E-state index in [9.17, 15) is 10.2 Å². The fourth-order valence-corrected chi connectivity index (χ4v) is 2.35. The lowest BCUT2D eigenvalue weighted by Gasteiger charge is -2.04. The van der Waals surface area contributed by atoms with Gasteiger partial charge in [-0.15, -0.1) is 0 Å². The molecule has 4 nitrogen and oxygen atoms in total. The number of halogens is 1. The number of aromatic nitrogens is 1. The van der Waals surface area contributed by atoms with Gasteiger partial charge in [0.15, 0.2) is 5.88 Å². The second kappa shape index (κ2) is 4.58. The van der Waals surface area contributed by atoms with Crippen molar-refractivity contribution in [2.24, 2.45) is 0 Å². The molecule has 2 aromatic carbocycles. The number of aromatic amines is 1. The van der Waals surface area contributed by atoms with Crippen LogP contribution in [0.1, 0.15) is 11.1 Å². The van der Waals surface area contributed by atoms with Gasteiger partial charge < -0.3 is 15.2 Å². The molecule has 0 atom stereocenters. The fourth-order valence-electron chi connectivity index (χ4n) is 2.18. The lowest BCUT2D eigenvalue weighted by Crippen LogP contribution is -2.00. The van der Waals surface area contributed by atoms with Crippen molar-refractivity contribution in [3.8, 4) is 11.6 Å². The summed E-state index contributed by atoms with van der Waals surface area (Å²) in [6.07, 6.45) is 0. The molecule has 4 N–H and O–H groups in total. The summed E-state index contributed by atoms with van der Waals surface area (Å²) in [6, 6.07) is 11.4. The molecule has 1 heterocycles. The number of hydrogen-bond donors (Lipinski definition) is 4. The standard InChI is InChI=1S/C15H11ClN2O2/c16-9-3-6-12-11(7-9)13(15(20)18-12)14(17)8-1-4-10(19)5-2-8/h1-7,17-20H. The largest absolute Gasteiger partial charge is 0.508 e. The van der Waals surface area contributed by atoms with Gasteiger partial charge in [-0.1, -0.05) is 11.6 Å². The Bertz CT molecular complexity index is 807. The number of fused-ring (bicyclic) bond motifs is 1.